The fourth-order valence-electron chi connectivity index (χ4n) is 4.38. The van der Waals surface area contributed by atoms with Crippen LogP contribution in [-0.2, 0) is 21.2 Å². The SMILES string of the molecule is CS(=O)(=O)N[C@@H]1CCN(C(=O)C2(O)CCC2)[C@@H]1Cc1cccc(-c2cccc(F)c2)n1. The molecule has 2 heterocycles. The molecule has 2 atom stereocenters. The predicted octanol–water partition coefficient (Wildman–Crippen LogP) is 1.86. The zero-order valence-electron chi connectivity index (χ0n) is 17.3. The van der Waals surface area contributed by atoms with Crippen LogP contribution < -0.4 is 4.72 Å². The molecular formula is C22H26FN3O4S. The maximum absolute atomic E-state index is 13.6. The Bertz CT molecular complexity index is 1090. The second kappa shape index (κ2) is 8.29. The molecule has 0 spiro atoms. The second-order valence-electron chi connectivity index (χ2n) is 8.46. The summed E-state index contributed by atoms with van der Waals surface area (Å²) in [5.41, 5.74) is 0.538. The second-order valence-corrected chi connectivity index (χ2v) is 10.2. The van der Waals surface area contributed by atoms with E-state index < -0.39 is 27.7 Å². The van der Waals surface area contributed by atoms with Gasteiger partial charge in [0.25, 0.3) is 5.91 Å². The number of pyridine rings is 1. The third-order valence-corrected chi connectivity index (χ3v) is 6.83. The van der Waals surface area contributed by atoms with Crippen LogP contribution in [-0.4, -0.2) is 59.8 Å². The number of halogens is 1. The molecule has 1 saturated heterocycles. The van der Waals surface area contributed by atoms with E-state index >= 15 is 0 Å². The lowest BCUT2D eigenvalue weighted by Crippen LogP contribution is -2.57. The zero-order chi connectivity index (χ0) is 22.2. The number of hydrogen-bond donors (Lipinski definition) is 2. The summed E-state index contributed by atoms with van der Waals surface area (Å²) >= 11 is 0. The van der Waals surface area contributed by atoms with Crippen LogP contribution in [0.5, 0.6) is 0 Å². The van der Waals surface area contributed by atoms with Gasteiger partial charge in [-0.1, -0.05) is 18.2 Å². The molecule has 7 nitrogen and oxygen atoms in total. The molecule has 1 aliphatic heterocycles. The Labute approximate surface area is 181 Å². The van der Waals surface area contributed by atoms with Gasteiger partial charge in [-0.2, -0.15) is 0 Å². The van der Waals surface area contributed by atoms with Gasteiger partial charge in [0.05, 0.1) is 18.0 Å². The highest BCUT2D eigenvalue weighted by Gasteiger charge is 2.49. The molecule has 2 N–H and O–H groups in total. The highest BCUT2D eigenvalue weighted by molar-refractivity contribution is 7.88. The zero-order valence-corrected chi connectivity index (χ0v) is 18.1. The molecule has 31 heavy (non-hydrogen) atoms. The smallest absolute Gasteiger partial charge is 0.254 e. The van der Waals surface area contributed by atoms with Crippen molar-refractivity contribution in [2.45, 2.75) is 49.8 Å². The van der Waals surface area contributed by atoms with Gasteiger partial charge >= 0.3 is 0 Å². The Morgan fingerprint density at radius 1 is 1.29 bits per heavy atom. The first-order chi connectivity index (χ1) is 14.6. The molecule has 2 fully saturated rings. The first-order valence-electron chi connectivity index (χ1n) is 10.4. The van der Waals surface area contributed by atoms with Crippen molar-refractivity contribution in [3.63, 3.8) is 0 Å². The molecule has 1 aromatic carbocycles. The summed E-state index contributed by atoms with van der Waals surface area (Å²) in [6.07, 6.45) is 3.51. The molecule has 2 aliphatic rings. The molecule has 1 amide bonds. The summed E-state index contributed by atoms with van der Waals surface area (Å²) in [6, 6.07) is 10.6. The minimum Gasteiger partial charge on any atom is -0.380 e. The quantitative estimate of drug-likeness (QED) is 0.704. The van der Waals surface area contributed by atoms with Gasteiger partial charge in [0.1, 0.15) is 11.4 Å². The maximum atomic E-state index is 13.6. The topological polar surface area (TPSA) is 99.6 Å². The van der Waals surface area contributed by atoms with Gasteiger partial charge in [-0.3, -0.25) is 9.78 Å². The van der Waals surface area contributed by atoms with Crippen molar-refractivity contribution in [1.82, 2.24) is 14.6 Å². The van der Waals surface area contributed by atoms with Gasteiger partial charge in [0.15, 0.2) is 0 Å². The summed E-state index contributed by atoms with van der Waals surface area (Å²) in [6.45, 7) is 0.364. The highest BCUT2D eigenvalue weighted by Crippen LogP contribution is 2.36. The van der Waals surface area contributed by atoms with Crippen molar-refractivity contribution in [2.24, 2.45) is 0 Å². The average molecular weight is 448 g/mol. The Morgan fingerprint density at radius 3 is 2.68 bits per heavy atom. The number of aromatic nitrogens is 1. The highest BCUT2D eigenvalue weighted by atomic mass is 32.2. The van der Waals surface area contributed by atoms with Crippen molar-refractivity contribution >= 4 is 15.9 Å². The van der Waals surface area contributed by atoms with Crippen molar-refractivity contribution in [1.29, 1.82) is 0 Å². The van der Waals surface area contributed by atoms with Crippen molar-refractivity contribution in [2.75, 3.05) is 12.8 Å². The molecule has 9 heteroatoms. The fraction of sp³-hybridized carbons (Fsp3) is 0.455. The average Bonchev–Trinajstić information content (AvgIpc) is 3.06. The third kappa shape index (κ3) is 4.78. The molecule has 0 unspecified atom stereocenters. The predicted molar refractivity (Wildman–Crippen MR) is 114 cm³/mol. The van der Waals surface area contributed by atoms with E-state index in [1.165, 1.54) is 12.1 Å². The molecule has 1 aromatic heterocycles. The minimum atomic E-state index is -3.48. The number of hydrogen-bond acceptors (Lipinski definition) is 5. The minimum absolute atomic E-state index is 0.318. The first kappa shape index (κ1) is 21.9. The lowest BCUT2D eigenvalue weighted by Gasteiger charge is -2.40. The number of amides is 1. The van der Waals surface area contributed by atoms with Crippen molar-refractivity contribution in [3.05, 3.63) is 54.0 Å². The van der Waals surface area contributed by atoms with Gasteiger partial charge in [0, 0.05) is 30.3 Å². The molecular weight excluding hydrogens is 421 g/mol. The molecule has 2 aromatic rings. The molecule has 0 bridgehead atoms. The van der Waals surface area contributed by atoms with Gasteiger partial charge in [-0.25, -0.2) is 17.5 Å². The van der Waals surface area contributed by atoms with E-state index in [0.29, 0.717) is 49.2 Å². The van der Waals surface area contributed by atoms with Crippen LogP contribution >= 0.6 is 0 Å². The lowest BCUT2D eigenvalue weighted by molar-refractivity contribution is -0.161. The molecule has 1 saturated carbocycles. The van der Waals surface area contributed by atoms with Gasteiger partial charge in [-0.15, -0.1) is 0 Å². The third-order valence-electron chi connectivity index (χ3n) is 6.10. The summed E-state index contributed by atoms with van der Waals surface area (Å²) in [5.74, 6) is -0.703. The fourth-order valence-corrected chi connectivity index (χ4v) is 5.20. The molecule has 1 aliphatic carbocycles. The van der Waals surface area contributed by atoms with Crippen molar-refractivity contribution < 1.29 is 22.7 Å². The van der Waals surface area contributed by atoms with Gasteiger partial charge in [-0.05, 0) is 49.9 Å². The van der Waals surface area contributed by atoms with E-state index in [4.69, 9.17) is 0 Å². The first-order valence-corrected chi connectivity index (χ1v) is 12.3. The van der Waals surface area contributed by atoms with E-state index in [-0.39, 0.29) is 11.7 Å². The van der Waals surface area contributed by atoms with Crippen LogP contribution in [0, 0.1) is 5.82 Å². The number of sulfonamides is 1. The number of nitrogens with one attached hydrogen (secondary N) is 1. The number of carbonyl (C=O) groups is 1. The van der Waals surface area contributed by atoms with Gasteiger partial charge < -0.3 is 10.0 Å². The normalized spacial score (nSPS) is 22.9. The van der Waals surface area contributed by atoms with Crippen LogP contribution in [0.15, 0.2) is 42.5 Å². The number of carbonyl (C=O) groups excluding carboxylic acids is 1. The summed E-state index contributed by atoms with van der Waals surface area (Å²) in [7, 11) is -3.48. The Balaban J connectivity index is 1.61. The van der Waals surface area contributed by atoms with Crippen LogP contribution in [0.1, 0.15) is 31.4 Å². The lowest BCUT2D eigenvalue weighted by atomic mass is 9.79. The molecule has 0 radical (unpaired) electrons. The number of benzene rings is 1. The Hall–Kier alpha value is -2.36. The Morgan fingerprint density at radius 2 is 2.03 bits per heavy atom. The van der Waals surface area contributed by atoms with Crippen molar-refractivity contribution in [3.8, 4) is 11.3 Å². The largest absolute Gasteiger partial charge is 0.380 e. The molecule has 166 valence electrons. The van der Waals surface area contributed by atoms with E-state index in [2.05, 4.69) is 9.71 Å². The summed E-state index contributed by atoms with van der Waals surface area (Å²) in [4.78, 5) is 19.2. The van der Waals surface area contributed by atoms with E-state index in [0.717, 1.165) is 12.7 Å². The van der Waals surface area contributed by atoms with Crippen LogP contribution in [0.4, 0.5) is 4.39 Å². The number of rotatable bonds is 6. The van der Waals surface area contributed by atoms with E-state index in [9.17, 15) is 22.7 Å². The summed E-state index contributed by atoms with van der Waals surface area (Å²) in [5, 5.41) is 10.6. The standard InChI is InChI=1S/C22H26FN3O4S/c1-31(29,30)25-19-9-12-26(21(27)22(28)10-4-11-22)20(19)14-17-7-3-8-18(24-17)15-5-2-6-16(23)13-15/h2-3,5-8,13,19-20,25,28H,4,9-12,14H2,1H3/t19-,20-/m1/s1. The number of likely N-dealkylation sites (tertiary alicyclic amines) is 1. The maximum Gasteiger partial charge on any atom is 0.254 e. The monoisotopic (exact) mass is 447 g/mol. The number of aliphatic hydroxyl groups is 1. The number of nitrogens with zero attached hydrogens (tertiary/aromatic N) is 2. The Kier molecular flexibility index (Phi) is 5.85. The molecule has 4 rings (SSSR count). The van der Waals surface area contributed by atoms with E-state index in [1.54, 1.807) is 29.2 Å². The van der Waals surface area contributed by atoms with Crippen LogP contribution in [0.2, 0.25) is 0 Å². The summed E-state index contributed by atoms with van der Waals surface area (Å²) < 4.78 is 40.0. The van der Waals surface area contributed by atoms with Crippen LogP contribution in [0.25, 0.3) is 11.3 Å². The van der Waals surface area contributed by atoms with E-state index in [1.807, 2.05) is 6.07 Å². The van der Waals surface area contributed by atoms with Gasteiger partial charge in [0.2, 0.25) is 10.0 Å². The van der Waals surface area contributed by atoms with Crippen LogP contribution in [0.3, 0.4) is 0 Å².